The first-order valence-corrected chi connectivity index (χ1v) is 6.53. The second-order valence-corrected chi connectivity index (χ2v) is 5.31. The van der Waals surface area contributed by atoms with E-state index in [0.717, 1.165) is 0 Å². The van der Waals surface area contributed by atoms with Gasteiger partial charge in [0, 0.05) is 11.6 Å². The van der Waals surface area contributed by atoms with Gasteiger partial charge in [-0.2, -0.15) is 0 Å². The number of alkyl halides is 1. The van der Waals surface area contributed by atoms with Crippen molar-refractivity contribution in [1.82, 2.24) is 5.32 Å². The van der Waals surface area contributed by atoms with Crippen molar-refractivity contribution in [2.24, 2.45) is 5.92 Å². The van der Waals surface area contributed by atoms with E-state index >= 15 is 0 Å². The molecule has 1 amide bonds. The van der Waals surface area contributed by atoms with Crippen LogP contribution in [0.15, 0.2) is 18.2 Å². The van der Waals surface area contributed by atoms with Gasteiger partial charge in [-0.05, 0) is 24.1 Å². The number of halogens is 2. The summed E-state index contributed by atoms with van der Waals surface area (Å²) in [5.41, 5.74) is 0.414. The van der Waals surface area contributed by atoms with Gasteiger partial charge in [0.25, 0.3) is 5.91 Å². The molecule has 1 atom stereocenters. The van der Waals surface area contributed by atoms with E-state index < -0.39 is 0 Å². The average Bonchev–Trinajstić information content (AvgIpc) is 2.35. The van der Waals surface area contributed by atoms with E-state index in [9.17, 15) is 4.79 Å². The molecule has 3 nitrogen and oxygen atoms in total. The summed E-state index contributed by atoms with van der Waals surface area (Å²) in [6, 6.07) is 4.92. The second-order valence-electron chi connectivity index (χ2n) is 4.31. The van der Waals surface area contributed by atoms with Crippen LogP contribution in [0.25, 0.3) is 0 Å². The molecule has 0 spiro atoms. The number of methoxy groups -OCH3 is 1. The minimum Gasteiger partial charge on any atom is -0.496 e. The Kier molecular flexibility index (Phi) is 5.76. The second kappa shape index (κ2) is 6.86. The largest absolute Gasteiger partial charge is 0.496 e. The molecule has 18 heavy (non-hydrogen) atoms. The van der Waals surface area contributed by atoms with Gasteiger partial charge in [-0.25, -0.2) is 0 Å². The first-order chi connectivity index (χ1) is 8.45. The summed E-state index contributed by atoms with van der Waals surface area (Å²) >= 11 is 11.9. The van der Waals surface area contributed by atoms with Crippen LogP contribution in [0, 0.1) is 5.92 Å². The van der Waals surface area contributed by atoms with Crippen LogP contribution in [0.5, 0.6) is 5.75 Å². The number of hydrogen-bond acceptors (Lipinski definition) is 2. The number of hydrogen-bond donors (Lipinski definition) is 1. The monoisotopic (exact) mass is 289 g/mol. The van der Waals surface area contributed by atoms with E-state index in [1.54, 1.807) is 18.2 Å². The lowest BCUT2D eigenvalue weighted by Gasteiger charge is -2.15. The van der Waals surface area contributed by atoms with E-state index in [1.165, 1.54) is 7.11 Å². The predicted molar refractivity (Wildman–Crippen MR) is 74.8 cm³/mol. The first kappa shape index (κ1) is 15.1. The van der Waals surface area contributed by atoms with E-state index in [-0.39, 0.29) is 11.3 Å². The Hall–Kier alpha value is -0.930. The van der Waals surface area contributed by atoms with Gasteiger partial charge in [-0.1, -0.05) is 25.4 Å². The smallest absolute Gasteiger partial charge is 0.255 e. The maximum absolute atomic E-state index is 12.0. The lowest BCUT2D eigenvalue weighted by atomic mass is 10.1. The summed E-state index contributed by atoms with van der Waals surface area (Å²) in [5.74, 6) is 0.557. The Morgan fingerprint density at radius 1 is 1.44 bits per heavy atom. The summed E-state index contributed by atoms with van der Waals surface area (Å²) in [4.78, 5) is 12.0. The van der Waals surface area contributed by atoms with Crippen molar-refractivity contribution in [3.8, 4) is 5.75 Å². The lowest BCUT2D eigenvalue weighted by Crippen LogP contribution is -2.32. The molecule has 0 saturated carbocycles. The molecule has 1 rings (SSSR count). The number of benzene rings is 1. The van der Waals surface area contributed by atoms with Crippen LogP contribution in [0.4, 0.5) is 0 Å². The number of carbonyl (C=O) groups is 1. The Balaban J connectivity index is 2.75. The molecule has 0 saturated heterocycles. The molecular formula is C13H17Cl2NO2. The molecule has 0 bridgehead atoms. The highest BCUT2D eigenvalue weighted by Crippen LogP contribution is 2.22. The van der Waals surface area contributed by atoms with Crippen LogP contribution in [0.3, 0.4) is 0 Å². The Morgan fingerprint density at radius 2 is 2.11 bits per heavy atom. The quantitative estimate of drug-likeness (QED) is 0.845. The van der Waals surface area contributed by atoms with Gasteiger partial charge in [-0.3, -0.25) is 4.79 Å². The number of amides is 1. The molecule has 0 heterocycles. The fourth-order valence-electron chi connectivity index (χ4n) is 1.38. The van der Waals surface area contributed by atoms with Crippen molar-refractivity contribution in [2.45, 2.75) is 19.2 Å². The minimum absolute atomic E-state index is 0.0980. The zero-order valence-electron chi connectivity index (χ0n) is 10.7. The van der Waals surface area contributed by atoms with Crippen molar-refractivity contribution in [2.75, 3.05) is 13.7 Å². The van der Waals surface area contributed by atoms with Crippen molar-refractivity contribution in [1.29, 1.82) is 0 Å². The summed E-state index contributed by atoms with van der Waals surface area (Å²) in [6.07, 6.45) is 0. The maximum Gasteiger partial charge on any atom is 0.255 e. The third kappa shape index (κ3) is 4.07. The van der Waals surface area contributed by atoms with E-state index in [0.29, 0.717) is 28.8 Å². The summed E-state index contributed by atoms with van der Waals surface area (Å²) in [7, 11) is 1.51. The molecule has 1 aromatic carbocycles. The molecule has 100 valence electrons. The molecular weight excluding hydrogens is 273 g/mol. The molecule has 1 unspecified atom stereocenters. The highest BCUT2D eigenvalue weighted by molar-refractivity contribution is 6.31. The molecule has 1 N–H and O–H groups in total. The van der Waals surface area contributed by atoms with Crippen LogP contribution in [0.2, 0.25) is 5.02 Å². The van der Waals surface area contributed by atoms with E-state index in [4.69, 9.17) is 27.9 Å². The van der Waals surface area contributed by atoms with Gasteiger partial charge < -0.3 is 10.1 Å². The number of rotatable bonds is 5. The number of ether oxygens (including phenoxy) is 1. The average molecular weight is 290 g/mol. The standard InChI is InChI=1S/C13H17Cl2NO2/c1-8(2)11(15)7-16-13(17)10-6-9(14)4-5-12(10)18-3/h4-6,8,11H,7H2,1-3H3,(H,16,17). The number of nitrogens with one attached hydrogen (secondary N) is 1. The summed E-state index contributed by atoms with van der Waals surface area (Å²) in [6.45, 7) is 4.42. The van der Waals surface area contributed by atoms with Gasteiger partial charge in [0.2, 0.25) is 0 Å². The van der Waals surface area contributed by atoms with Crippen LogP contribution in [-0.4, -0.2) is 24.9 Å². The van der Waals surface area contributed by atoms with E-state index in [1.807, 2.05) is 13.8 Å². The lowest BCUT2D eigenvalue weighted by molar-refractivity contribution is 0.0949. The third-order valence-corrected chi connectivity index (χ3v) is 3.48. The van der Waals surface area contributed by atoms with Gasteiger partial charge in [0.15, 0.2) is 0 Å². The molecule has 0 aliphatic carbocycles. The fourth-order valence-corrected chi connectivity index (χ4v) is 1.63. The molecule has 1 aromatic rings. The maximum atomic E-state index is 12.0. The molecule has 0 aromatic heterocycles. The molecule has 0 aliphatic rings. The molecule has 0 radical (unpaired) electrons. The molecule has 0 aliphatic heterocycles. The van der Waals surface area contributed by atoms with Crippen molar-refractivity contribution in [3.63, 3.8) is 0 Å². The zero-order valence-corrected chi connectivity index (χ0v) is 12.2. The van der Waals surface area contributed by atoms with Gasteiger partial charge >= 0.3 is 0 Å². The SMILES string of the molecule is COc1ccc(Cl)cc1C(=O)NCC(Cl)C(C)C. The normalized spacial score (nSPS) is 12.3. The van der Waals surface area contributed by atoms with Gasteiger partial charge in [0.1, 0.15) is 5.75 Å². The fraction of sp³-hybridized carbons (Fsp3) is 0.462. The zero-order chi connectivity index (χ0) is 13.7. The third-order valence-electron chi connectivity index (χ3n) is 2.59. The summed E-state index contributed by atoms with van der Waals surface area (Å²) < 4.78 is 5.12. The summed E-state index contributed by atoms with van der Waals surface area (Å²) in [5, 5.41) is 3.17. The Labute approximate surface area is 117 Å². The topological polar surface area (TPSA) is 38.3 Å². The number of carbonyl (C=O) groups excluding carboxylic acids is 1. The van der Waals surface area contributed by atoms with Crippen molar-refractivity contribution >= 4 is 29.1 Å². The minimum atomic E-state index is -0.236. The highest BCUT2D eigenvalue weighted by atomic mass is 35.5. The van der Waals surface area contributed by atoms with Crippen LogP contribution in [-0.2, 0) is 0 Å². The van der Waals surface area contributed by atoms with Crippen LogP contribution in [0.1, 0.15) is 24.2 Å². The Bertz CT molecular complexity index is 421. The van der Waals surface area contributed by atoms with Gasteiger partial charge in [0.05, 0.1) is 18.1 Å². The predicted octanol–water partition coefficient (Wildman–Crippen LogP) is 3.34. The van der Waals surface area contributed by atoms with Crippen molar-refractivity contribution < 1.29 is 9.53 Å². The van der Waals surface area contributed by atoms with Crippen molar-refractivity contribution in [3.05, 3.63) is 28.8 Å². The van der Waals surface area contributed by atoms with Crippen LogP contribution >= 0.6 is 23.2 Å². The first-order valence-electron chi connectivity index (χ1n) is 5.71. The highest BCUT2D eigenvalue weighted by Gasteiger charge is 2.15. The molecule has 5 heteroatoms. The van der Waals surface area contributed by atoms with Crippen LogP contribution < -0.4 is 10.1 Å². The Morgan fingerprint density at radius 3 is 2.67 bits per heavy atom. The molecule has 0 fully saturated rings. The van der Waals surface area contributed by atoms with E-state index in [2.05, 4.69) is 5.32 Å². The van der Waals surface area contributed by atoms with Gasteiger partial charge in [-0.15, -0.1) is 11.6 Å².